The second-order valence-corrected chi connectivity index (χ2v) is 12.6. The van der Waals surface area contributed by atoms with Crippen molar-refractivity contribution in [1.82, 2.24) is 19.6 Å². The standard InChI is InChI=1S/C30H34Cl2F2N4O/c1-18-13-28(38(35-18)27-8-5-20(31)14-25(27)32)19-9-11-36(12-10-19)29(39)24-17-37(30(2,3)4)16-23(24)22-7-6-21(33)15-26(22)34/h5-8,13-15,19,23-24H,9-12,16-17H2,1-4H3/t23-,24+/m0/s1. The van der Waals surface area contributed by atoms with Crippen LogP contribution in [0.2, 0.25) is 10.0 Å². The summed E-state index contributed by atoms with van der Waals surface area (Å²) in [5, 5.41) is 5.79. The average molecular weight is 576 g/mol. The SMILES string of the molecule is Cc1cc(C2CCN(C(=O)[C@@H]3CN(C(C)(C)C)C[C@H]3c3ccc(F)cc3F)CC2)n(-c2ccc(Cl)cc2Cl)n1. The molecule has 0 saturated carbocycles. The molecule has 2 atom stereocenters. The Morgan fingerprint density at radius 2 is 1.72 bits per heavy atom. The zero-order chi connectivity index (χ0) is 28.1. The van der Waals surface area contributed by atoms with Crippen LogP contribution in [0.15, 0.2) is 42.5 Å². The van der Waals surface area contributed by atoms with E-state index in [4.69, 9.17) is 28.3 Å². The van der Waals surface area contributed by atoms with E-state index in [1.807, 2.05) is 22.6 Å². The zero-order valence-electron chi connectivity index (χ0n) is 22.7. The lowest BCUT2D eigenvalue weighted by Crippen LogP contribution is -2.44. The highest BCUT2D eigenvalue weighted by atomic mass is 35.5. The molecule has 2 aliphatic heterocycles. The fourth-order valence-corrected chi connectivity index (χ4v) is 6.49. The van der Waals surface area contributed by atoms with Crippen LogP contribution in [-0.4, -0.2) is 57.2 Å². The molecule has 3 aromatic rings. The highest BCUT2D eigenvalue weighted by molar-refractivity contribution is 6.35. The third kappa shape index (κ3) is 5.72. The first kappa shape index (κ1) is 28.1. The Balaban J connectivity index is 1.34. The van der Waals surface area contributed by atoms with Gasteiger partial charge in [0, 0.05) is 60.3 Å². The summed E-state index contributed by atoms with van der Waals surface area (Å²) >= 11 is 12.6. The van der Waals surface area contributed by atoms with E-state index in [0.717, 1.165) is 36.0 Å². The first-order valence-electron chi connectivity index (χ1n) is 13.4. The third-order valence-electron chi connectivity index (χ3n) is 8.17. The van der Waals surface area contributed by atoms with Crippen LogP contribution in [0.4, 0.5) is 8.78 Å². The van der Waals surface area contributed by atoms with E-state index in [-0.39, 0.29) is 29.2 Å². The number of piperidine rings is 1. The Morgan fingerprint density at radius 3 is 2.36 bits per heavy atom. The maximum absolute atomic E-state index is 14.9. The summed E-state index contributed by atoms with van der Waals surface area (Å²) in [6.45, 7) is 10.6. The molecule has 0 radical (unpaired) electrons. The van der Waals surface area contributed by atoms with Crippen molar-refractivity contribution in [3.05, 3.63) is 81.1 Å². The van der Waals surface area contributed by atoms with Crippen LogP contribution in [0, 0.1) is 24.5 Å². The van der Waals surface area contributed by atoms with E-state index in [2.05, 4.69) is 31.7 Å². The average Bonchev–Trinajstić information content (AvgIpc) is 3.48. The van der Waals surface area contributed by atoms with E-state index >= 15 is 0 Å². The zero-order valence-corrected chi connectivity index (χ0v) is 24.2. The van der Waals surface area contributed by atoms with Crippen LogP contribution in [0.25, 0.3) is 5.69 Å². The maximum Gasteiger partial charge on any atom is 0.227 e. The summed E-state index contributed by atoms with van der Waals surface area (Å²) < 4.78 is 30.4. The van der Waals surface area contributed by atoms with Gasteiger partial charge >= 0.3 is 0 Å². The van der Waals surface area contributed by atoms with Gasteiger partial charge in [0.15, 0.2) is 0 Å². The Kier molecular flexibility index (Phi) is 7.79. The van der Waals surface area contributed by atoms with Gasteiger partial charge < -0.3 is 4.90 Å². The molecule has 2 aromatic carbocycles. The molecule has 2 fully saturated rings. The molecule has 5 rings (SSSR count). The normalized spacial score (nSPS) is 21.1. The van der Waals surface area contributed by atoms with Crippen molar-refractivity contribution < 1.29 is 13.6 Å². The van der Waals surface area contributed by atoms with E-state index in [9.17, 15) is 13.6 Å². The van der Waals surface area contributed by atoms with Crippen molar-refractivity contribution in [2.45, 2.75) is 57.9 Å². The number of aromatic nitrogens is 2. The van der Waals surface area contributed by atoms with Gasteiger partial charge in [0.2, 0.25) is 5.91 Å². The molecule has 0 spiro atoms. The van der Waals surface area contributed by atoms with E-state index < -0.39 is 11.6 Å². The number of nitrogens with zero attached hydrogens (tertiary/aromatic N) is 4. The lowest BCUT2D eigenvalue weighted by atomic mass is 9.86. The third-order valence-corrected chi connectivity index (χ3v) is 8.71. The number of amides is 1. The lowest BCUT2D eigenvalue weighted by molar-refractivity contribution is -0.136. The van der Waals surface area contributed by atoms with E-state index in [0.29, 0.717) is 41.8 Å². The summed E-state index contributed by atoms with van der Waals surface area (Å²) in [7, 11) is 0. The summed E-state index contributed by atoms with van der Waals surface area (Å²) in [6, 6.07) is 11.2. The Labute approximate surface area is 238 Å². The molecular weight excluding hydrogens is 541 g/mol. The first-order valence-corrected chi connectivity index (χ1v) is 14.2. The van der Waals surface area contributed by atoms with Gasteiger partial charge in [-0.05, 0) is 76.4 Å². The molecule has 9 heteroatoms. The molecule has 1 aromatic heterocycles. The molecule has 3 heterocycles. The van der Waals surface area contributed by atoms with Gasteiger partial charge in [-0.25, -0.2) is 13.5 Å². The molecule has 0 aliphatic carbocycles. The molecule has 5 nitrogen and oxygen atoms in total. The lowest BCUT2D eigenvalue weighted by Gasteiger charge is -2.35. The van der Waals surface area contributed by atoms with Crippen LogP contribution in [-0.2, 0) is 4.79 Å². The highest BCUT2D eigenvalue weighted by Gasteiger charge is 2.44. The highest BCUT2D eigenvalue weighted by Crippen LogP contribution is 2.40. The van der Waals surface area contributed by atoms with Gasteiger partial charge in [0.25, 0.3) is 0 Å². The minimum atomic E-state index is -0.610. The molecule has 39 heavy (non-hydrogen) atoms. The topological polar surface area (TPSA) is 41.4 Å². The minimum Gasteiger partial charge on any atom is -0.342 e. The number of benzene rings is 2. The molecule has 208 valence electrons. The predicted molar refractivity (Wildman–Crippen MR) is 151 cm³/mol. The molecule has 0 unspecified atom stereocenters. The van der Waals surface area contributed by atoms with Gasteiger partial charge in [0.1, 0.15) is 11.6 Å². The van der Waals surface area contributed by atoms with Crippen LogP contribution in [0.5, 0.6) is 0 Å². The summed E-state index contributed by atoms with van der Waals surface area (Å²) in [6.07, 6.45) is 1.57. The molecule has 2 saturated heterocycles. The molecular formula is C30H34Cl2F2N4O. The molecule has 0 bridgehead atoms. The maximum atomic E-state index is 14.9. The smallest absolute Gasteiger partial charge is 0.227 e. The summed E-state index contributed by atoms with van der Waals surface area (Å²) in [5.74, 6) is -1.66. The van der Waals surface area contributed by atoms with Crippen LogP contribution in [0.3, 0.4) is 0 Å². The van der Waals surface area contributed by atoms with Crippen LogP contribution < -0.4 is 0 Å². The van der Waals surface area contributed by atoms with E-state index in [1.165, 1.54) is 12.1 Å². The minimum absolute atomic E-state index is 0.0411. The number of likely N-dealkylation sites (tertiary alicyclic amines) is 2. The van der Waals surface area contributed by atoms with Crippen LogP contribution >= 0.6 is 23.2 Å². The van der Waals surface area contributed by atoms with Crippen molar-refractivity contribution in [2.24, 2.45) is 5.92 Å². The van der Waals surface area contributed by atoms with Crippen molar-refractivity contribution in [2.75, 3.05) is 26.2 Å². The second-order valence-electron chi connectivity index (χ2n) is 11.8. The number of hydrogen-bond acceptors (Lipinski definition) is 3. The number of halogens is 4. The molecule has 0 N–H and O–H groups in total. The number of carbonyl (C=O) groups is 1. The van der Waals surface area contributed by atoms with Crippen LogP contribution in [0.1, 0.15) is 62.4 Å². The Morgan fingerprint density at radius 1 is 1.00 bits per heavy atom. The summed E-state index contributed by atoms with van der Waals surface area (Å²) in [4.78, 5) is 18.1. The van der Waals surface area contributed by atoms with Crippen molar-refractivity contribution in [3.63, 3.8) is 0 Å². The monoisotopic (exact) mass is 574 g/mol. The number of hydrogen-bond donors (Lipinski definition) is 0. The van der Waals surface area contributed by atoms with Crippen molar-refractivity contribution in [1.29, 1.82) is 0 Å². The largest absolute Gasteiger partial charge is 0.342 e. The van der Waals surface area contributed by atoms with Crippen molar-refractivity contribution >= 4 is 29.1 Å². The van der Waals surface area contributed by atoms with Gasteiger partial charge in [-0.15, -0.1) is 0 Å². The van der Waals surface area contributed by atoms with Gasteiger partial charge in [-0.3, -0.25) is 9.69 Å². The van der Waals surface area contributed by atoms with E-state index in [1.54, 1.807) is 12.1 Å². The fourth-order valence-electron chi connectivity index (χ4n) is 6.01. The van der Waals surface area contributed by atoms with Crippen molar-refractivity contribution in [3.8, 4) is 5.69 Å². The predicted octanol–water partition coefficient (Wildman–Crippen LogP) is 6.99. The quantitative estimate of drug-likeness (QED) is 0.337. The Hall–Kier alpha value is -2.48. The first-order chi connectivity index (χ1) is 18.4. The second kappa shape index (κ2) is 10.8. The number of rotatable bonds is 4. The summed E-state index contributed by atoms with van der Waals surface area (Å²) in [5.41, 5.74) is 2.98. The van der Waals surface area contributed by atoms with Gasteiger partial charge in [-0.1, -0.05) is 29.3 Å². The van der Waals surface area contributed by atoms with Gasteiger partial charge in [-0.2, -0.15) is 5.10 Å². The fraction of sp³-hybridized carbons (Fsp3) is 0.467. The van der Waals surface area contributed by atoms with Gasteiger partial charge in [0.05, 0.1) is 22.3 Å². The Bertz CT molecular complexity index is 1380. The number of carbonyl (C=O) groups excluding carboxylic acids is 1. The molecule has 2 aliphatic rings. The molecule has 1 amide bonds. The number of aryl methyl sites for hydroxylation is 1.